The van der Waals surface area contributed by atoms with Gasteiger partial charge in [-0.15, -0.1) is 11.8 Å². The zero-order valence-corrected chi connectivity index (χ0v) is 22.9. The lowest BCUT2D eigenvalue weighted by atomic mass is 9.87. The Kier molecular flexibility index (Phi) is 8.60. The number of hydrogen-bond acceptors (Lipinski definition) is 5. The van der Waals surface area contributed by atoms with Crippen LogP contribution in [-0.4, -0.2) is 31.9 Å². The van der Waals surface area contributed by atoms with Crippen molar-refractivity contribution in [2.24, 2.45) is 0 Å². The summed E-state index contributed by atoms with van der Waals surface area (Å²) in [6, 6.07) is 31.6. The number of rotatable bonds is 8. The van der Waals surface area contributed by atoms with Crippen LogP contribution in [0.4, 0.5) is 0 Å². The predicted molar refractivity (Wildman–Crippen MR) is 153 cm³/mol. The first-order valence-electron chi connectivity index (χ1n) is 12.1. The minimum absolute atomic E-state index is 0.0223. The summed E-state index contributed by atoms with van der Waals surface area (Å²) in [5, 5.41) is 21.3. The monoisotopic (exact) mass is 526 g/mol. The van der Waals surface area contributed by atoms with Crippen LogP contribution in [-0.2, 0) is 16.2 Å². The lowest BCUT2D eigenvalue weighted by Gasteiger charge is -2.19. The number of thioether (sulfide) groups is 1. The third-order valence-electron chi connectivity index (χ3n) is 5.99. The highest BCUT2D eigenvalue weighted by Crippen LogP contribution is 2.34. The first-order valence-corrected chi connectivity index (χ1v) is 14.4. The molecule has 0 fully saturated rings. The molecule has 6 heteroatoms. The SMILES string of the molecule is CC(C)(C)c1ccc([S@@](=O)C[C@@H](O)CSc2nc(-c3ccccc3)cc(-c3ccccc3)c2C#N)cc1. The molecule has 0 aliphatic heterocycles. The van der Waals surface area contributed by atoms with E-state index in [1.165, 1.54) is 17.3 Å². The maximum absolute atomic E-state index is 12.9. The van der Waals surface area contributed by atoms with E-state index in [4.69, 9.17) is 4.98 Å². The summed E-state index contributed by atoms with van der Waals surface area (Å²) in [5.41, 5.74) is 5.12. The highest BCUT2D eigenvalue weighted by Gasteiger charge is 2.19. The summed E-state index contributed by atoms with van der Waals surface area (Å²) in [6.07, 6.45) is -0.818. The zero-order chi connectivity index (χ0) is 26.4. The molecular weight excluding hydrogens is 496 g/mol. The molecule has 1 heterocycles. The Balaban J connectivity index is 1.55. The maximum Gasteiger partial charge on any atom is 0.115 e. The molecule has 2 atom stereocenters. The van der Waals surface area contributed by atoms with Crippen LogP contribution >= 0.6 is 11.8 Å². The quantitative estimate of drug-likeness (QED) is 0.254. The standard InChI is InChI=1S/C31H30N2O2S2/c1-31(2,3)24-14-16-26(17-15-24)37(35)21-25(34)20-36-30-28(19-32)27(22-10-6-4-7-11-22)18-29(33-30)23-12-8-5-9-13-23/h4-18,25,34H,20-21H2,1-3H3/t25-,37-/m0/s1. The Morgan fingerprint density at radius 3 is 2.11 bits per heavy atom. The molecule has 1 aromatic heterocycles. The minimum atomic E-state index is -1.33. The zero-order valence-electron chi connectivity index (χ0n) is 21.2. The van der Waals surface area contributed by atoms with Crippen LogP contribution in [0.2, 0.25) is 0 Å². The van der Waals surface area contributed by atoms with E-state index in [0.717, 1.165) is 22.4 Å². The topological polar surface area (TPSA) is 74.0 Å². The lowest BCUT2D eigenvalue weighted by Crippen LogP contribution is -2.20. The highest BCUT2D eigenvalue weighted by atomic mass is 32.2. The average Bonchev–Trinajstić information content (AvgIpc) is 2.92. The number of nitrogens with zero attached hydrogens (tertiary/aromatic N) is 2. The normalized spacial score (nSPS) is 13.1. The second-order valence-electron chi connectivity index (χ2n) is 9.83. The molecular formula is C31H30N2O2S2. The van der Waals surface area contributed by atoms with Gasteiger partial charge in [0.05, 0.1) is 33.9 Å². The molecule has 0 aliphatic carbocycles. The first kappa shape index (κ1) is 26.8. The van der Waals surface area contributed by atoms with E-state index in [9.17, 15) is 14.6 Å². The molecule has 0 radical (unpaired) electrons. The van der Waals surface area contributed by atoms with Crippen molar-refractivity contribution in [3.05, 3.63) is 102 Å². The fourth-order valence-electron chi connectivity index (χ4n) is 3.94. The second-order valence-corrected chi connectivity index (χ2v) is 12.3. The third-order valence-corrected chi connectivity index (χ3v) is 8.60. The van der Waals surface area contributed by atoms with Crippen molar-refractivity contribution in [1.29, 1.82) is 5.26 Å². The molecule has 3 aromatic carbocycles. The largest absolute Gasteiger partial charge is 0.391 e. The van der Waals surface area contributed by atoms with Crippen molar-refractivity contribution in [3.63, 3.8) is 0 Å². The van der Waals surface area contributed by atoms with Crippen LogP contribution in [0.5, 0.6) is 0 Å². The van der Waals surface area contributed by atoms with Gasteiger partial charge in [0, 0.05) is 21.8 Å². The Bertz CT molecular complexity index is 1410. The van der Waals surface area contributed by atoms with E-state index in [1.807, 2.05) is 91.0 Å². The van der Waals surface area contributed by atoms with Gasteiger partial charge >= 0.3 is 0 Å². The third kappa shape index (κ3) is 6.75. The van der Waals surface area contributed by atoms with E-state index in [1.54, 1.807) is 0 Å². The molecule has 0 saturated carbocycles. The first-order chi connectivity index (χ1) is 17.8. The van der Waals surface area contributed by atoms with Crippen molar-refractivity contribution < 1.29 is 9.32 Å². The van der Waals surface area contributed by atoms with Crippen molar-refractivity contribution in [1.82, 2.24) is 4.98 Å². The molecule has 0 amide bonds. The predicted octanol–water partition coefficient (Wildman–Crippen LogP) is 6.85. The van der Waals surface area contributed by atoms with Gasteiger partial charge in [0.15, 0.2) is 0 Å². The van der Waals surface area contributed by atoms with Crippen LogP contribution < -0.4 is 0 Å². The molecule has 0 bridgehead atoms. The smallest absolute Gasteiger partial charge is 0.115 e. The Morgan fingerprint density at radius 1 is 0.946 bits per heavy atom. The van der Waals surface area contributed by atoms with Crippen LogP contribution in [0.25, 0.3) is 22.4 Å². The van der Waals surface area contributed by atoms with E-state index >= 15 is 0 Å². The van der Waals surface area contributed by atoms with E-state index in [0.29, 0.717) is 15.5 Å². The second kappa shape index (κ2) is 11.9. The number of aliphatic hydroxyl groups excluding tert-OH is 1. The summed E-state index contributed by atoms with van der Waals surface area (Å²) >= 11 is 1.32. The van der Waals surface area contributed by atoms with E-state index in [-0.39, 0.29) is 16.9 Å². The van der Waals surface area contributed by atoms with Gasteiger partial charge < -0.3 is 5.11 Å². The number of aliphatic hydroxyl groups is 1. The van der Waals surface area contributed by atoms with Crippen molar-refractivity contribution in [3.8, 4) is 28.5 Å². The van der Waals surface area contributed by atoms with E-state index < -0.39 is 16.9 Å². The molecule has 4 aromatic rings. The number of hydrogen-bond donors (Lipinski definition) is 1. The van der Waals surface area contributed by atoms with Gasteiger partial charge in [-0.2, -0.15) is 5.26 Å². The molecule has 0 aliphatic rings. The van der Waals surface area contributed by atoms with Gasteiger partial charge in [0.25, 0.3) is 0 Å². The average molecular weight is 527 g/mol. The van der Waals surface area contributed by atoms with Crippen molar-refractivity contribution in [2.45, 2.75) is 42.2 Å². The molecule has 0 saturated heterocycles. The minimum Gasteiger partial charge on any atom is -0.391 e. The number of nitriles is 1. The van der Waals surface area contributed by atoms with Crippen LogP contribution in [0.1, 0.15) is 31.9 Å². The maximum atomic E-state index is 12.9. The molecule has 0 spiro atoms. The summed E-state index contributed by atoms with van der Waals surface area (Å²) < 4.78 is 12.9. The van der Waals surface area contributed by atoms with Crippen molar-refractivity contribution >= 4 is 22.6 Å². The van der Waals surface area contributed by atoms with Gasteiger partial charge in [0.2, 0.25) is 0 Å². The molecule has 37 heavy (non-hydrogen) atoms. The highest BCUT2D eigenvalue weighted by molar-refractivity contribution is 7.99. The van der Waals surface area contributed by atoms with E-state index in [2.05, 4.69) is 26.8 Å². The number of pyridine rings is 1. The van der Waals surface area contributed by atoms with Gasteiger partial charge in [-0.3, -0.25) is 4.21 Å². The van der Waals surface area contributed by atoms with Crippen molar-refractivity contribution in [2.75, 3.05) is 11.5 Å². The molecule has 4 rings (SSSR count). The number of aromatic nitrogens is 1. The molecule has 4 nitrogen and oxygen atoms in total. The summed E-state index contributed by atoms with van der Waals surface area (Å²) in [7, 11) is -1.33. The lowest BCUT2D eigenvalue weighted by molar-refractivity contribution is 0.224. The van der Waals surface area contributed by atoms with Crippen LogP contribution in [0.15, 0.2) is 101 Å². The fraction of sp³-hybridized carbons (Fsp3) is 0.226. The Morgan fingerprint density at radius 2 is 1.54 bits per heavy atom. The fourth-order valence-corrected chi connectivity index (χ4v) is 6.12. The van der Waals surface area contributed by atoms with Gasteiger partial charge in [-0.05, 0) is 34.7 Å². The Labute approximate surface area is 225 Å². The van der Waals surface area contributed by atoms with Gasteiger partial charge in [0.1, 0.15) is 11.1 Å². The molecule has 188 valence electrons. The summed E-state index contributed by atoms with van der Waals surface area (Å²) in [5.74, 6) is 0.396. The van der Waals surface area contributed by atoms with Gasteiger partial charge in [-0.1, -0.05) is 93.6 Å². The molecule has 1 N–H and O–H groups in total. The van der Waals surface area contributed by atoms with Crippen LogP contribution in [0, 0.1) is 11.3 Å². The summed E-state index contributed by atoms with van der Waals surface area (Å²) in [6.45, 7) is 6.42. The molecule has 0 unspecified atom stereocenters. The number of benzene rings is 3. The Hall–Kier alpha value is -3.24. The van der Waals surface area contributed by atoms with Crippen LogP contribution in [0.3, 0.4) is 0 Å². The summed E-state index contributed by atoms with van der Waals surface area (Å²) in [4.78, 5) is 5.49. The van der Waals surface area contributed by atoms with Gasteiger partial charge in [-0.25, -0.2) is 4.98 Å².